The lowest BCUT2D eigenvalue weighted by atomic mass is 10.0. The van der Waals surface area contributed by atoms with E-state index in [2.05, 4.69) is 150 Å². The van der Waals surface area contributed by atoms with Crippen LogP contribution in [0.2, 0.25) is 5.02 Å². The fourth-order valence-corrected chi connectivity index (χ4v) is 17.5. The van der Waals surface area contributed by atoms with Gasteiger partial charge in [-0.25, -0.2) is 41.1 Å². The van der Waals surface area contributed by atoms with Gasteiger partial charge in [0.2, 0.25) is 11.8 Å². The van der Waals surface area contributed by atoms with Gasteiger partial charge >= 0.3 is 5.69 Å². The lowest BCUT2D eigenvalue weighted by molar-refractivity contribution is 0.0989. The standard InChI is InChI=1S/C21H26FN3O.C20H24ClFN2O.C20H24F2N2O.2C20H23FN2O.C20H26N2O/c1-14-6-7-17(12-18(14)22)11-15(2)23-10-4-5-16-8-9-20-19(13-16)24-21(26)25(20)3;1-13-5-6-16(12-19(13)22)10-14(2)24-9-3-4-15-7-8-17(20(23)25)18(21)11-15;1-13-5-6-16(12-18(13)21)10-14(2)24-9-3-4-15-7-8-17(20(23)25)19(22)11-15;1-14-8-9-16(12-18(14)21)11-15(2)22-10-4-6-17-5-3-7-19-20(17)24-13-23-19;1-14-5-6-17(11-18(14)21)10-15(2)22-9-3-4-16-7-8-19-20(12-16)24-13-23-19;1-15-5-7-18(8-6-15)14-16(2)22-13-3-4-17-9-11-19(12-10-17)20(21)23/h6-9,12-13,15,23H,4-5,10-11H2,1-3H3,(H,24,26);2*5-8,11-12,14,24H,3-4,9-10H2,1-2H3,(H2,23,25);3,5,7-9,12-13,15,22H,4,6,10-11H2,1-2H3;5-8,11-13,15,22H,3-4,9-10H2,1-2H3;5-12,16,22H,3-4,13-14H2,1-2H3,(H2,21,23). The number of carbonyl (C=O) groups is 3. The largest absolute Gasteiger partial charge is 0.443 e. The zero-order valence-electron chi connectivity index (χ0n) is 87.2. The van der Waals surface area contributed by atoms with Crippen LogP contribution in [0.15, 0.2) is 257 Å². The van der Waals surface area contributed by atoms with Gasteiger partial charge in [0.15, 0.2) is 24.0 Å². The first-order valence-electron chi connectivity index (χ1n) is 51.0. The van der Waals surface area contributed by atoms with Gasteiger partial charge in [0, 0.05) is 48.9 Å². The quantitative estimate of drug-likeness (QED) is 0.0125. The summed E-state index contributed by atoms with van der Waals surface area (Å²) < 4.78 is 94.0. The summed E-state index contributed by atoms with van der Waals surface area (Å²) in [4.78, 5) is 56.0. The fraction of sp³-hybridized carbons (Fsp3) is 0.355. The summed E-state index contributed by atoms with van der Waals surface area (Å²) in [6.45, 7) is 29.1. The Kier molecular flexibility index (Phi) is 47.0. The zero-order valence-corrected chi connectivity index (χ0v) is 88.0. The Morgan fingerprint density at radius 3 is 1.09 bits per heavy atom. The van der Waals surface area contributed by atoms with Crippen molar-refractivity contribution in [1.82, 2.24) is 51.4 Å². The number of imidazole rings is 1. The van der Waals surface area contributed by atoms with Crippen LogP contribution in [0.25, 0.3) is 33.2 Å². The van der Waals surface area contributed by atoms with E-state index < -0.39 is 17.6 Å². The number of fused-ring (bicyclic) bond motifs is 3. The molecule has 15 aromatic rings. The highest BCUT2D eigenvalue weighted by Gasteiger charge is 2.18. The predicted octanol–water partition coefficient (Wildman–Crippen LogP) is 23.1. The molecule has 6 atom stereocenters. The Labute approximate surface area is 867 Å². The molecule has 13 N–H and O–H groups in total. The molecule has 0 aliphatic rings. The molecule has 19 nitrogen and oxygen atoms in total. The van der Waals surface area contributed by atoms with Crippen LogP contribution in [0.4, 0.5) is 26.3 Å². The van der Waals surface area contributed by atoms with Crippen molar-refractivity contribution >= 4 is 62.6 Å². The summed E-state index contributed by atoms with van der Waals surface area (Å²) >= 11 is 6.05. The van der Waals surface area contributed by atoms with E-state index in [1.807, 2.05) is 97.1 Å². The van der Waals surface area contributed by atoms with Gasteiger partial charge in [-0.3, -0.25) is 19.0 Å². The monoisotopic (exact) mass is 2030 g/mol. The van der Waals surface area contributed by atoms with E-state index in [1.165, 1.54) is 58.3 Å². The van der Waals surface area contributed by atoms with Crippen molar-refractivity contribution in [2.24, 2.45) is 24.2 Å². The predicted molar refractivity (Wildman–Crippen MR) is 585 cm³/mol. The van der Waals surface area contributed by atoms with Gasteiger partial charge in [-0.05, 0) is 430 Å². The average Bonchev–Trinajstić information content (AvgIpc) is 1.66. The van der Waals surface area contributed by atoms with Gasteiger partial charge < -0.3 is 62.9 Å². The third kappa shape index (κ3) is 39.6. The first-order valence-corrected chi connectivity index (χ1v) is 51.4. The molecule has 0 spiro atoms. The maximum absolute atomic E-state index is 13.7. The molecule has 780 valence electrons. The molecule has 0 saturated carbocycles. The summed E-state index contributed by atoms with van der Waals surface area (Å²) in [7, 11) is 1.77. The number of amides is 3. The number of oxazole rings is 2. The van der Waals surface area contributed by atoms with E-state index >= 15 is 0 Å². The lowest BCUT2D eigenvalue weighted by Crippen LogP contribution is -2.29. The molecule has 3 heterocycles. The molecule has 0 saturated heterocycles. The highest BCUT2D eigenvalue weighted by molar-refractivity contribution is 6.33. The van der Waals surface area contributed by atoms with Crippen LogP contribution in [0, 0.1) is 76.4 Å². The summed E-state index contributed by atoms with van der Waals surface area (Å²) in [6, 6.07) is 73.5. The first-order chi connectivity index (χ1) is 70.4. The smallest absolute Gasteiger partial charge is 0.326 e. The second kappa shape index (κ2) is 59.6. The Morgan fingerprint density at radius 1 is 0.354 bits per heavy atom. The summed E-state index contributed by atoms with van der Waals surface area (Å²) in [5.74, 6) is -2.93. The van der Waals surface area contributed by atoms with Crippen LogP contribution in [0.1, 0.15) is 211 Å². The maximum atomic E-state index is 13.7. The van der Waals surface area contributed by atoms with Gasteiger partial charge in [0.1, 0.15) is 45.9 Å². The van der Waals surface area contributed by atoms with Crippen molar-refractivity contribution < 1.29 is 49.6 Å². The molecule has 12 aromatic carbocycles. The van der Waals surface area contributed by atoms with Gasteiger partial charge in [-0.1, -0.05) is 151 Å². The number of carbonyl (C=O) groups excluding carboxylic acids is 3. The van der Waals surface area contributed by atoms with Gasteiger partial charge in [-0.15, -0.1) is 0 Å². The number of halogens is 7. The number of aryl methyl sites for hydroxylation is 13. The number of aromatic nitrogens is 4. The van der Waals surface area contributed by atoms with Crippen LogP contribution in [-0.4, -0.2) is 113 Å². The van der Waals surface area contributed by atoms with E-state index in [9.17, 15) is 45.5 Å². The Bertz CT molecular complexity index is 6640. The maximum Gasteiger partial charge on any atom is 0.326 e. The summed E-state index contributed by atoms with van der Waals surface area (Å²) in [5.41, 5.74) is 39.6. The lowest BCUT2D eigenvalue weighted by Gasteiger charge is -2.14. The highest BCUT2D eigenvalue weighted by atomic mass is 35.5. The number of nitrogens with zero attached hydrogens (tertiary/aromatic N) is 3. The van der Waals surface area contributed by atoms with Crippen LogP contribution in [-0.2, 0) is 84.1 Å². The van der Waals surface area contributed by atoms with Crippen LogP contribution >= 0.6 is 11.6 Å². The minimum absolute atomic E-state index is 0.0826. The molecule has 0 fully saturated rings. The molecule has 15 rings (SSSR count). The van der Waals surface area contributed by atoms with Crippen molar-refractivity contribution in [3.8, 4) is 0 Å². The minimum atomic E-state index is -0.757. The number of hydrogen-bond acceptors (Lipinski definition) is 14. The number of nitrogens with two attached hydrogens (primary N) is 3. The normalized spacial score (nSPS) is 12.4. The number of nitrogens with one attached hydrogen (secondary N) is 7. The minimum Gasteiger partial charge on any atom is -0.443 e. The molecule has 3 aromatic heterocycles. The third-order valence-electron chi connectivity index (χ3n) is 26.0. The van der Waals surface area contributed by atoms with Gasteiger partial charge in [-0.2, -0.15) is 0 Å². The number of rotatable bonds is 45. The van der Waals surface area contributed by atoms with E-state index in [-0.39, 0.29) is 58.3 Å². The van der Waals surface area contributed by atoms with Crippen LogP contribution in [0.5, 0.6) is 0 Å². The number of aromatic amines is 1. The number of H-pyrrole nitrogens is 1. The SMILES string of the molecule is Cc1ccc(CC(C)NCCCc2ccc(C(N)=O)c(Cl)c2)cc1F.Cc1ccc(CC(C)NCCCc2ccc(C(N)=O)c(F)c2)cc1F.Cc1ccc(CC(C)NCCCc2ccc(C(N)=O)cc2)cc1.Cc1ccc(CC(C)NCCCc2ccc3c(c2)[nH]c(=O)n3C)cc1F.Cc1ccc(CC(C)NCCCc2ccc3ncoc3c2)cc1F.Cc1ccc(CC(C)NCCCc2cccc3ncoc23)cc1F. The summed E-state index contributed by atoms with van der Waals surface area (Å²) in [6.07, 6.45) is 19.4. The second-order valence-electron chi connectivity index (χ2n) is 38.9. The number of hydrogen-bond donors (Lipinski definition) is 10. The van der Waals surface area contributed by atoms with E-state index in [0.29, 0.717) is 74.6 Å². The first kappa shape index (κ1) is 116. The van der Waals surface area contributed by atoms with Crippen molar-refractivity contribution in [3.05, 3.63) is 411 Å². The number of benzene rings is 12. The molecule has 0 aliphatic carbocycles. The third-order valence-corrected chi connectivity index (χ3v) is 26.3. The molecule has 147 heavy (non-hydrogen) atoms. The topological polar surface area (TPSA) is 291 Å². The Hall–Kier alpha value is -13.1. The highest BCUT2D eigenvalue weighted by Crippen LogP contribution is 2.25. The molecule has 0 aliphatic heterocycles. The zero-order chi connectivity index (χ0) is 106. The van der Waals surface area contributed by atoms with Gasteiger partial charge in [0.25, 0.3) is 5.91 Å². The molecule has 0 radical (unpaired) electrons. The van der Waals surface area contributed by atoms with Crippen LogP contribution < -0.4 is 54.8 Å². The molecule has 6 unspecified atom stereocenters. The Balaban J connectivity index is 0.000000181. The Morgan fingerprint density at radius 2 is 0.687 bits per heavy atom. The van der Waals surface area contributed by atoms with E-state index in [4.69, 9.17) is 37.6 Å². The number of primary amides is 3. The van der Waals surface area contributed by atoms with E-state index in [0.717, 1.165) is 221 Å². The number of para-hydroxylation sites is 1. The van der Waals surface area contributed by atoms with Crippen molar-refractivity contribution in [1.29, 1.82) is 0 Å². The average molecular weight is 2030 g/mol. The van der Waals surface area contributed by atoms with E-state index in [1.54, 1.807) is 113 Å². The molecule has 3 amide bonds. The second-order valence-corrected chi connectivity index (χ2v) is 39.3. The fourth-order valence-electron chi connectivity index (χ4n) is 17.2. The van der Waals surface area contributed by atoms with Crippen molar-refractivity contribution in [3.63, 3.8) is 0 Å². The van der Waals surface area contributed by atoms with Crippen molar-refractivity contribution in [2.45, 2.75) is 235 Å². The molecular weight excluding hydrogens is 1880 g/mol. The molecular formula is C121H146ClF6N13O6. The van der Waals surface area contributed by atoms with Gasteiger partial charge in [0.05, 0.1) is 27.2 Å². The molecule has 26 heteroatoms. The van der Waals surface area contributed by atoms with Crippen molar-refractivity contribution in [2.75, 3.05) is 39.3 Å². The summed E-state index contributed by atoms with van der Waals surface area (Å²) in [5, 5.41) is 21.3. The molecule has 0 bridgehead atoms. The van der Waals surface area contributed by atoms with Crippen LogP contribution in [0.3, 0.4) is 0 Å².